The Labute approximate surface area is 141 Å². The Hall–Kier alpha value is -1.88. The van der Waals surface area contributed by atoms with Crippen molar-refractivity contribution in [1.29, 1.82) is 0 Å². The molecule has 0 aliphatic rings. The summed E-state index contributed by atoms with van der Waals surface area (Å²) in [7, 11) is 1.67. The highest BCUT2D eigenvalue weighted by Gasteiger charge is 2.10. The van der Waals surface area contributed by atoms with Gasteiger partial charge in [-0.05, 0) is 43.9 Å². The number of nitrogens with one attached hydrogen (secondary N) is 1. The third-order valence-electron chi connectivity index (χ3n) is 3.68. The van der Waals surface area contributed by atoms with Crippen molar-refractivity contribution in [2.75, 3.05) is 7.11 Å². The zero-order chi connectivity index (χ0) is 16.7. The summed E-state index contributed by atoms with van der Waals surface area (Å²) in [4.78, 5) is 16.5. The summed E-state index contributed by atoms with van der Waals surface area (Å²) in [5.41, 5.74) is 2.12. The molecule has 1 atom stereocenters. The molecule has 0 spiro atoms. The van der Waals surface area contributed by atoms with Crippen LogP contribution in [0.5, 0.6) is 5.75 Å². The number of aromatic nitrogens is 1. The van der Waals surface area contributed by atoms with E-state index in [0.29, 0.717) is 6.42 Å². The first-order valence-electron chi connectivity index (χ1n) is 7.96. The smallest absolute Gasteiger partial charge is 0.226 e. The summed E-state index contributed by atoms with van der Waals surface area (Å²) in [6.45, 7) is 4.11. The number of hydrogen-bond donors (Lipinski definition) is 1. The van der Waals surface area contributed by atoms with Crippen LogP contribution >= 0.6 is 11.3 Å². The maximum absolute atomic E-state index is 12.1. The quantitative estimate of drug-likeness (QED) is 0.806. The first-order valence-corrected chi connectivity index (χ1v) is 8.84. The summed E-state index contributed by atoms with van der Waals surface area (Å²) in [5, 5.41) is 6.11. The number of benzene rings is 1. The fourth-order valence-electron chi connectivity index (χ4n) is 2.33. The van der Waals surface area contributed by atoms with Crippen LogP contribution < -0.4 is 10.1 Å². The second-order valence-corrected chi connectivity index (χ2v) is 6.56. The lowest BCUT2D eigenvalue weighted by atomic mass is 10.1. The van der Waals surface area contributed by atoms with Crippen molar-refractivity contribution in [1.82, 2.24) is 10.3 Å². The van der Waals surface area contributed by atoms with Gasteiger partial charge in [0.15, 0.2) is 0 Å². The molecule has 1 aromatic heterocycles. The number of methoxy groups -OCH3 is 1. The number of hydrogen-bond acceptors (Lipinski definition) is 4. The van der Waals surface area contributed by atoms with Crippen molar-refractivity contribution in [2.45, 2.75) is 45.6 Å². The Bertz CT molecular complexity index is 622. The van der Waals surface area contributed by atoms with Crippen molar-refractivity contribution in [3.8, 4) is 5.75 Å². The fraction of sp³-hybridized carbons (Fsp3) is 0.444. The Morgan fingerprint density at radius 1 is 1.35 bits per heavy atom. The van der Waals surface area contributed by atoms with Crippen molar-refractivity contribution in [3.63, 3.8) is 0 Å². The van der Waals surface area contributed by atoms with E-state index >= 15 is 0 Å². The lowest BCUT2D eigenvalue weighted by molar-refractivity contribution is -0.121. The van der Waals surface area contributed by atoms with Crippen molar-refractivity contribution in [3.05, 3.63) is 45.9 Å². The highest BCUT2D eigenvalue weighted by molar-refractivity contribution is 7.09. The number of carbonyl (C=O) groups is 1. The van der Waals surface area contributed by atoms with Gasteiger partial charge in [0.25, 0.3) is 0 Å². The molecule has 1 amide bonds. The number of aryl methyl sites for hydroxylation is 2. The number of ether oxygens (including phenoxy) is 1. The van der Waals surface area contributed by atoms with E-state index in [9.17, 15) is 4.79 Å². The second kappa shape index (κ2) is 8.67. The van der Waals surface area contributed by atoms with E-state index in [4.69, 9.17) is 4.74 Å². The maximum Gasteiger partial charge on any atom is 0.226 e. The number of thiazole rings is 1. The van der Waals surface area contributed by atoms with Gasteiger partial charge in [0.1, 0.15) is 5.75 Å². The van der Waals surface area contributed by atoms with Gasteiger partial charge < -0.3 is 10.1 Å². The Kier molecular flexibility index (Phi) is 6.59. The predicted molar refractivity (Wildman–Crippen MR) is 94.1 cm³/mol. The average Bonchev–Trinajstić information content (AvgIpc) is 3.00. The molecule has 0 fully saturated rings. The minimum atomic E-state index is 0.0418. The van der Waals surface area contributed by atoms with Gasteiger partial charge in [-0.2, -0.15) is 0 Å². The van der Waals surface area contributed by atoms with Crippen LogP contribution in [-0.4, -0.2) is 24.0 Å². The molecule has 0 saturated heterocycles. The summed E-state index contributed by atoms with van der Waals surface area (Å²) in [6.07, 6.45) is 3.13. The summed E-state index contributed by atoms with van der Waals surface area (Å²) in [6, 6.07) is 8.20. The Morgan fingerprint density at radius 2 is 2.09 bits per heavy atom. The van der Waals surface area contributed by atoms with Gasteiger partial charge in [-0.1, -0.05) is 19.1 Å². The Balaban J connectivity index is 1.74. The van der Waals surface area contributed by atoms with Crippen LogP contribution in [0, 0.1) is 0 Å². The fourth-order valence-corrected chi connectivity index (χ4v) is 3.08. The molecule has 0 radical (unpaired) electrons. The highest BCUT2D eigenvalue weighted by Crippen LogP contribution is 2.13. The van der Waals surface area contributed by atoms with Crippen LogP contribution in [0.15, 0.2) is 29.6 Å². The van der Waals surface area contributed by atoms with E-state index in [0.717, 1.165) is 35.7 Å². The summed E-state index contributed by atoms with van der Waals surface area (Å²) >= 11 is 1.62. The minimum Gasteiger partial charge on any atom is -0.497 e. The summed E-state index contributed by atoms with van der Waals surface area (Å²) in [5.74, 6) is 0.907. The van der Waals surface area contributed by atoms with Gasteiger partial charge in [0, 0.05) is 11.4 Å². The SMILES string of the molecule is CCc1nc(CC(=O)N[C@H](C)CCc2ccc(OC)cc2)cs1. The van der Waals surface area contributed by atoms with E-state index < -0.39 is 0 Å². The number of amides is 1. The molecular formula is C18H24N2O2S. The normalized spacial score (nSPS) is 12.0. The summed E-state index contributed by atoms with van der Waals surface area (Å²) < 4.78 is 5.15. The lowest BCUT2D eigenvalue weighted by Gasteiger charge is -2.13. The third-order valence-corrected chi connectivity index (χ3v) is 4.72. The average molecular weight is 332 g/mol. The van der Waals surface area contributed by atoms with E-state index in [1.54, 1.807) is 18.4 Å². The molecule has 2 rings (SSSR count). The van der Waals surface area contributed by atoms with Crippen LogP contribution in [-0.2, 0) is 24.1 Å². The predicted octanol–water partition coefficient (Wildman–Crippen LogP) is 3.39. The second-order valence-electron chi connectivity index (χ2n) is 5.62. The minimum absolute atomic E-state index is 0.0418. The molecule has 124 valence electrons. The molecule has 23 heavy (non-hydrogen) atoms. The van der Waals surface area contributed by atoms with Gasteiger partial charge in [-0.15, -0.1) is 11.3 Å². The van der Waals surface area contributed by atoms with Crippen LogP contribution in [0.2, 0.25) is 0 Å². The lowest BCUT2D eigenvalue weighted by Crippen LogP contribution is -2.34. The van der Waals surface area contributed by atoms with Crippen LogP contribution in [0.25, 0.3) is 0 Å². The molecule has 4 nitrogen and oxygen atoms in total. The molecule has 2 aromatic rings. The topological polar surface area (TPSA) is 51.2 Å². The zero-order valence-electron chi connectivity index (χ0n) is 14.0. The van der Waals surface area contributed by atoms with Gasteiger partial charge in [0.2, 0.25) is 5.91 Å². The van der Waals surface area contributed by atoms with Crippen LogP contribution in [0.1, 0.15) is 36.5 Å². The molecule has 1 N–H and O–H groups in total. The zero-order valence-corrected chi connectivity index (χ0v) is 14.8. The van der Waals surface area contributed by atoms with Crippen molar-refractivity contribution >= 4 is 17.2 Å². The van der Waals surface area contributed by atoms with Gasteiger partial charge in [-0.25, -0.2) is 4.98 Å². The standard InChI is InChI=1S/C18H24N2O2S/c1-4-18-20-15(12-23-18)11-17(21)19-13(2)5-6-14-7-9-16(22-3)10-8-14/h7-10,12-13H,4-6,11H2,1-3H3,(H,19,21)/t13-/m1/s1. The molecule has 1 heterocycles. The third kappa shape index (κ3) is 5.67. The molecule has 0 aliphatic carbocycles. The molecular weight excluding hydrogens is 308 g/mol. The molecule has 1 aromatic carbocycles. The monoisotopic (exact) mass is 332 g/mol. The molecule has 5 heteroatoms. The van der Waals surface area contributed by atoms with E-state index in [2.05, 4.69) is 29.4 Å². The van der Waals surface area contributed by atoms with E-state index in [-0.39, 0.29) is 11.9 Å². The Morgan fingerprint density at radius 3 is 2.70 bits per heavy atom. The van der Waals surface area contributed by atoms with Gasteiger partial charge in [0.05, 0.1) is 24.2 Å². The highest BCUT2D eigenvalue weighted by atomic mass is 32.1. The van der Waals surface area contributed by atoms with E-state index in [1.807, 2.05) is 24.4 Å². The molecule has 0 unspecified atom stereocenters. The number of nitrogens with zero attached hydrogens (tertiary/aromatic N) is 1. The van der Waals surface area contributed by atoms with Crippen LogP contribution in [0.4, 0.5) is 0 Å². The van der Waals surface area contributed by atoms with Crippen molar-refractivity contribution < 1.29 is 9.53 Å². The van der Waals surface area contributed by atoms with Crippen molar-refractivity contribution in [2.24, 2.45) is 0 Å². The van der Waals surface area contributed by atoms with Crippen LogP contribution in [0.3, 0.4) is 0 Å². The largest absolute Gasteiger partial charge is 0.497 e. The van der Waals surface area contributed by atoms with E-state index in [1.165, 1.54) is 5.56 Å². The molecule has 0 aliphatic heterocycles. The first kappa shape index (κ1) is 17.5. The maximum atomic E-state index is 12.1. The van der Waals surface area contributed by atoms with Gasteiger partial charge >= 0.3 is 0 Å². The molecule has 0 bridgehead atoms. The molecule has 0 saturated carbocycles. The van der Waals surface area contributed by atoms with Gasteiger partial charge in [-0.3, -0.25) is 4.79 Å². The number of carbonyl (C=O) groups excluding carboxylic acids is 1. The number of rotatable bonds is 8. The first-order chi connectivity index (χ1) is 11.1.